The Balaban J connectivity index is 1.52. The number of imide groups is 1. The summed E-state index contributed by atoms with van der Waals surface area (Å²) in [7, 11) is 0. The number of rotatable bonds is 6. The highest BCUT2D eigenvalue weighted by Crippen LogP contribution is 2.37. The first-order valence-corrected chi connectivity index (χ1v) is 10.6. The van der Waals surface area contributed by atoms with Crippen LogP contribution < -0.4 is 24.4 Å². The van der Waals surface area contributed by atoms with Crippen LogP contribution in [-0.2, 0) is 9.59 Å². The second kappa shape index (κ2) is 8.35. The lowest BCUT2D eigenvalue weighted by Crippen LogP contribution is -2.32. The minimum Gasteiger partial charge on any atom is -0.491 e. The molecule has 0 saturated heterocycles. The zero-order chi connectivity index (χ0) is 22.9. The third-order valence-electron chi connectivity index (χ3n) is 5.25. The van der Waals surface area contributed by atoms with Crippen molar-refractivity contribution >= 4 is 28.8 Å². The van der Waals surface area contributed by atoms with Gasteiger partial charge in [0.2, 0.25) is 6.79 Å². The van der Waals surface area contributed by atoms with Crippen LogP contribution in [-0.4, -0.2) is 24.7 Å². The molecule has 1 N–H and O–H groups in total. The van der Waals surface area contributed by atoms with Gasteiger partial charge in [0.15, 0.2) is 11.5 Å². The van der Waals surface area contributed by atoms with E-state index < -0.39 is 11.8 Å². The van der Waals surface area contributed by atoms with Crippen molar-refractivity contribution in [3.05, 3.63) is 84.1 Å². The van der Waals surface area contributed by atoms with Crippen molar-refractivity contribution in [3.8, 4) is 17.2 Å². The first kappa shape index (κ1) is 20.6. The number of ether oxygens (including phenoxy) is 3. The topological polar surface area (TPSA) is 77.1 Å². The van der Waals surface area contributed by atoms with E-state index in [1.54, 1.807) is 42.5 Å². The number of anilines is 2. The average molecular weight is 442 g/mol. The van der Waals surface area contributed by atoms with Crippen molar-refractivity contribution < 1.29 is 23.8 Å². The Morgan fingerprint density at radius 3 is 2.33 bits per heavy atom. The average Bonchev–Trinajstić information content (AvgIpc) is 3.37. The maximum absolute atomic E-state index is 13.5. The number of hydrogen-bond acceptors (Lipinski definition) is 6. The Hall–Kier alpha value is -4.26. The summed E-state index contributed by atoms with van der Waals surface area (Å²) in [6, 6.07) is 21.4. The van der Waals surface area contributed by atoms with Crippen molar-refractivity contribution in [2.45, 2.75) is 20.0 Å². The van der Waals surface area contributed by atoms with Gasteiger partial charge in [-0.15, -0.1) is 0 Å². The molecule has 2 amide bonds. The van der Waals surface area contributed by atoms with Gasteiger partial charge in [-0.3, -0.25) is 9.59 Å². The lowest BCUT2D eigenvalue weighted by atomic mass is 10.0. The van der Waals surface area contributed by atoms with Crippen LogP contribution in [0.2, 0.25) is 0 Å². The fourth-order valence-corrected chi connectivity index (χ4v) is 3.82. The molecule has 0 saturated carbocycles. The van der Waals surface area contributed by atoms with Crippen LogP contribution in [0.1, 0.15) is 19.4 Å². The maximum atomic E-state index is 13.5. The molecule has 2 heterocycles. The van der Waals surface area contributed by atoms with Gasteiger partial charge in [-0.2, -0.15) is 0 Å². The van der Waals surface area contributed by atoms with Crippen molar-refractivity contribution in [1.29, 1.82) is 0 Å². The summed E-state index contributed by atoms with van der Waals surface area (Å²) in [4.78, 5) is 28.2. The number of hydrogen-bond donors (Lipinski definition) is 1. The van der Waals surface area contributed by atoms with Gasteiger partial charge in [0.25, 0.3) is 11.8 Å². The molecular weight excluding hydrogens is 420 g/mol. The van der Waals surface area contributed by atoms with Crippen LogP contribution in [0, 0.1) is 0 Å². The van der Waals surface area contributed by atoms with Gasteiger partial charge < -0.3 is 19.5 Å². The highest BCUT2D eigenvalue weighted by atomic mass is 16.7. The SMILES string of the molecule is CC(C)Oc1ccc(N2C(=O)C(Nc3ccc4c(c3)OCO4)=C(c3ccccc3)C2=O)cc1. The molecule has 33 heavy (non-hydrogen) atoms. The second-order valence-corrected chi connectivity index (χ2v) is 7.92. The summed E-state index contributed by atoms with van der Waals surface area (Å²) in [6.45, 7) is 4.02. The van der Waals surface area contributed by atoms with Crippen LogP contribution in [0.3, 0.4) is 0 Å². The molecule has 0 aliphatic carbocycles. The summed E-state index contributed by atoms with van der Waals surface area (Å²) >= 11 is 0. The standard InChI is InChI=1S/C26H22N2O5/c1-16(2)33-20-11-9-19(10-12-20)28-25(29)23(17-6-4-3-5-7-17)24(26(28)30)27-18-8-13-21-22(14-18)32-15-31-21/h3-14,16,27H,15H2,1-2H3. The minimum atomic E-state index is -0.436. The Kier molecular flexibility index (Phi) is 5.22. The van der Waals surface area contributed by atoms with Crippen LogP contribution in [0.5, 0.6) is 17.2 Å². The molecule has 5 rings (SSSR count). The van der Waals surface area contributed by atoms with E-state index in [1.165, 1.54) is 4.90 Å². The van der Waals surface area contributed by atoms with Gasteiger partial charge in [-0.1, -0.05) is 30.3 Å². The molecule has 3 aromatic rings. The normalized spacial score (nSPS) is 14.9. The number of nitrogens with zero attached hydrogens (tertiary/aromatic N) is 1. The fraction of sp³-hybridized carbons (Fsp3) is 0.154. The van der Waals surface area contributed by atoms with Gasteiger partial charge in [0.1, 0.15) is 11.4 Å². The van der Waals surface area contributed by atoms with Crippen molar-refractivity contribution in [1.82, 2.24) is 0 Å². The number of amides is 2. The molecule has 0 radical (unpaired) electrons. The number of nitrogens with one attached hydrogen (secondary N) is 1. The van der Waals surface area contributed by atoms with E-state index in [0.717, 1.165) is 0 Å². The van der Waals surface area contributed by atoms with Crippen LogP contribution >= 0.6 is 0 Å². The van der Waals surface area contributed by atoms with E-state index in [-0.39, 0.29) is 18.6 Å². The molecule has 0 atom stereocenters. The zero-order valence-corrected chi connectivity index (χ0v) is 18.2. The molecule has 7 nitrogen and oxygen atoms in total. The molecule has 166 valence electrons. The number of carbonyl (C=O) groups excluding carboxylic acids is 2. The largest absolute Gasteiger partial charge is 0.491 e. The molecule has 7 heteroatoms. The molecular formula is C26H22N2O5. The highest BCUT2D eigenvalue weighted by molar-refractivity contribution is 6.46. The van der Waals surface area contributed by atoms with Gasteiger partial charge in [-0.25, -0.2) is 4.90 Å². The van der Waals surface area contributed by atoms with Gasteiger partial charge in [0.05, 0.1) is 17.4 Å². The van der Waals surface area contributed by atoms with Crippen LogP contribution in [0.15, 0.2) is 78.5 Å². The summed E-state index contributed by atoms with van der Waals surface area (Å²) in [5.74, 6) is 1.05. The lowest BCUT2D eigenvalue weighted by molar-refractivity contribution is -0.120. The summed E-state index contributed by atoms with van der Waals surface area (Å²) in [5.41, 5.74) is 2.25. The van der Waals surface area contributed by atoms with E-state index in [0.29, 0.717) is 39.8 Å². The predicted molar refractivity (Wildman–Crippen MR) is 124 cm³/mol. The first-order chi connectivity index (χ1) is 16.0. The minimum absolute atomic E-state index is 0.0229. The number of benzene rings is 3. The van der Waals surface area contributed by atoms with E-state index in [1.807, 2.05) is 44.2 Å². The predicted octanol–water partition coefficient (Wildman–Crippen LogP) is 4.60. The Bertz CT molecular complexity index is 1250. The molecule has 2 aliphatic heterocycles. The number of carbonyl (C=O) groups is 2. The summed E-state index contributed by atoms with van der Waals surface area (Å²) in [5, 5.41) is 3.14. The molecule has 0 unspecified atom stereocenters. The Labute approximate surface area is 191 Å². The van der Waals surface area contributed by atoms with E-state index in [4.69, 9.17) is 14.2 Å². The quantitative estimate of drug-likeness (QED) is 0.563. The summed E-state index contributed by atoms with van der Waals surface area (Å²) in [6.07, 6.45) is 0.0229. The van der Waals surface area contributed by atoms with Crippen LogP contribution in [0.25, 0.3) is 5.57 Å². The maximum Gasteiger partial charge on any atom is 0.282 e. The fourth-order valence-electron chi connectivity index (χ4n) is 3.82. The zero-order valence-electron chi connectivity index (χ0n) is 18.2. The van der Waals surface area contributed by atoms with E-state index >= 15 is 0 Å². The lowest BCUT2D eigenvalue weighted by Gasteiger charge is -2.17. The highest BCUT2D eigenvalue weighted by Gasteiger charge is 2.40. The van der Waals surface area contributed by atoms with Crippen molar-refractivity contribution in [3.63, 3.8) is 0 Å². The van der Waals surface area contributed by atoms with E-state index in [2.05, 4.69) is 5.32 Å². The second-order valence-electron chi connectivity index (χ2n) is 7.92. The van der Waals surface area contributed by atoms with Gasteiger partial charge in [0, 0.05) is 11.8 Å². The van der Waals surface area contributed by atoms with E-state index in [9.17, 15) is 9.59 Å². The first-order valence-electron chi connectivity index (χ1n) is 10.6. The third-order valence-corrected chi connectivity index (χ3v) is 5.25. The molecule has 0 fully saturated rings. The monoisotopic (exact) mass is 442 g/mol. The number of fused-ring (bicyclic) bond motifs is 1. The smallest absolute Gasteiger partial charge is 0.282 e. The summed E-state index contributed by atoms with van der Waals surface area (Å²) < 4.78 is 16.5. The van der Waals surface area contributed by atoms with Crippen molar-refractivity contribution in [2.24, 2.45) is 0 Å². The molecule has 2 aliphatic rings. The molecule has 0 aromatic heterocycles. The van der Waals surface area contributed by atoms with Gasteiger partial charge >= 0.3 is 0 Å². The Morgan fingerprint density at radius 1 is 0.879 bits per heavy atom. The molecule has 0 spiro atoms. The third kappa shape index (κ3) is 3.89. The van der Waals surface area contributed by atoms with Crippen molar-refractivity contribution in [2.75, 3.05) is 17.0 Å². The van der Waals surface area contributed by atoms with Gasteiger partial charge in [-0.05, 0) is 55.8 Å². The van der Waals surface area contributed by atoms with Crippen LogP contribution in [0.4, 0.5) is 11.4 Å². The molecule has 3 aromatic carbocycles. The Morgan fingerprint density at radius 2 is 1.61 bits per heavy atom. The molecule has 0 bridgehead atoms.